The van der Waals surface area contributed by atoms with Gasteiger partial charge in [0.15, 0.2) is 0 Å². The molecule has 0 aliphatic rings. The van der Waals surface area contributed by atoms with E-state index in [9.17, 15) is 4.79 Å². The Balaban J connectivity index is 2.73. The van der Waals surface area contributed by atoms with E-state index in [-0.39, 0.29) is 18.1 Å². The third-order valence-electron chi connectivity index (χ3n) is 2.79. The van der Waals surface area contributed by atoms with E-state index in [4.69, 9.17) is 5.11 Å². The molecule has 19 heavy (non-hydrogen) atoms. The first-order valence-corrected chi connectivity index (χ1v) is 6.51. The minimum Gasteiger partial charge on any atom is -0.384 e. The number of nitrogens with one attached hydrogen (secondary N) is 1. The Hall–Kier alpha value is -1.79. The number of amides is 1. The molecule has 3 heteroatoms. The minimum atomic E-state index is -0.193. The quantitative estimate of drug-likeness (QED) is 0.815. The van der Waals surface area contributed by atoms with Gasteiger partial charge in [-0.15, -0.1) is 0 Å². The van der Waals surface area contributed by atoms with E-state index in [0.717, 1.165) is 18.4 Å². The van der Waals surface area contributed by atoms with Crippen molar-refractivity contribution in [2.45, 2.75) is 39.2 Å². The molecule has 0 saturated carbocycles. The molecular formula is C16H21NO2. The molecule has 102 valence electrons. The van der Waals surface area contributed by atoms with Crippen molar-refractivity contribution >= 4 is 5.91 Å². The van der Waals surface area contributed by atoms with Gasteiger partial charge in [0.25, 0.3) is 5.91 Å². The SMILES string of the molecule is CCCC(C)(C)NC(=O)c1ccc(C#CCO)cc1. The molecule has 0 spiro atoms. The molecule has 0 bridgehead atoms. The summed E-state index contributed by atoms with van der Waals surface area (Å²) in [6, 6.07) is 7.06. The van der Waals surface area contributed by atoms with Gasteiger partial charge in [-0.1, -0.05) is 25.2 Å². The zero-order valence-corrected chi connectivity index (χ0v) is 11.8. The van der Waals surface area contributed by atoms with E-state index in [2.05, 4.69) is 24.1 Å². The largest absolute Gasteiger partial charge is 0.384 e. The first-order valence-electron chi connectivity index (χ1n) is 6.51. The van der Waals surface area contributed by atoms with Crippen LogP contribution >= 0.6 is 0 Å². The van der Waals surface area contributed by atoms with Crippen molar-refractivity contribution in [2.75, 3.05) is 6.61 Å². The Morgan fingerprint density at radius 2 is 1.95 bits per heavy atom. The molecule has 0 atom stereocenters. The Bertz CT molecular complexity index is 478. The Morgan fingerprint density at radius 3 is 2.47 bits per heavy atom. The second-order valence-electron chi connectivity index (χ2n) is 5.13. The van der Waals surface area contributed by atoms with Crippen LogP contribution in [0.2, 0.25) is 0 Å². The Morgan fingerprint density at radius 1 is 1.32 bits per heavy atom. The molecule has 1 amide bonds. The number of aliphatic hydroxyl groups is 1. The summed E-state index contributed by atoms with van der Waals surface area (Å²) in [6.07, 6.45) is 1.97. The van der Waals surface area contributed by atoms with E-state index < -0.39 is 0 Å². The summed E-state index contributed by atoms with van der Waals surface area (Å²) < 4.78 is 0. The van der Waals surface area contributed by atoms with Crippen LogP contribution < -0.4 is 5.32 Å². The lowest BCUT2D eigenvalue weighted by molar-refractivity contribution is 0.0909. The predicted octanol–water partition coefficient (Wildman–Crippen LogP) is 2.34. The number of carbonyl (C=O) groups is 1. The van der Waals surface area contributed by atoms with Crippen molar-refractivity contribution in [3.8, 4) is 11.8 Å². The van der Waals surface area contributed by atoms with Crippen molar-refractivity contribution in [3.05, 3.63) is 35.4 Å². The van der Waals surface area contributed by atoms with Gasteiger partial charge in [0.1, 0.15) is 6.61 Å². The molecule has 1 rings (SSSR count). The van der Waals surface area contributed by atoms with E-state index in [1.54, 1.807) is 24.3 Å². The third kappa shape index (κ3) is 5.15. The highest BCUT2D eigenvalue weighted by Crippen LogP contribution is 2.12. The number of hydrogen-bond donors (Lipinski definition) is 2. The molecule has 0 radical (unpaired) electrons. The monoisotopic (exact) mass is 259 g/mol. The Kier molecular flexibility index (Phi) is 5.59. The van der Waals surface area contributed by atoms with Gasteiger partial charge in [-0.2, -0.15) is 0 Å². The van der Waals surface area contributed by atoms with Crippen LogP contribution in [-0.4, -0.2) is 23.2 Å². The highest BCUT2D eigenvalue weighted by atomic mass is 16.2. The maximum Gasteiger partial charge on any atom is 0.251 e. The van der Waals surface area contributed by atoms with E-state index in [1.165, 1.54) is 0 Å². The molecule has 3 nitrogen and oxygen atoms in total. The zero-order chi connectivity index (χ0) is 14.3. The van der Waals surface area contributed by atoms with E-state index in [1.807, 2.05) is 13.8 Å². The lowest BCUT2D eigenvalue weighted by Crippen LogP contribution is -2.43. The number of hydrogen-bond acceptors (Lipinski definition) is 2. The van der Waals surface area contributed by atoms with Gasteiger partial charge < -0.3 is 10.4 Å². The molecular weight excluding hydrogens is 238 g/mol. The first-order chi connectivity index (χ1) is 8.98. The standard InChI is InChI=1S/C16H21NO2/c1-4-11-16(2,3)17-15(19)14-9-7-13(8-10-14)6-5-12-18/h7-10,18H,4,11-12H2,1-3H3,(H,17,19). The molecule has 0 unspecified atom stereocenters. The summed E-state index contributed by atoms with van der Waals surface area (Å²) >= 11 is 0. The van der Waals surface area contributed by atoms with Gasteiger partial charge in [-0.25, -0.2) is 0 Å². The van der Waals surface area contributed by atoms with Gasteiger partial charge in [0.2, 0.25) is 0 Å². The van der Waals surface area contributed by atoms with Crippen molar-refractivity contribution in [1.82, 2.24) is 5.32 Å². The van der Waals surface area contributed by atoms with Crippen molar-refractivity contribution in [1.29, 1.82) is 0 Å². The summed E-state index contributed by atoms with van der Waals surface area (Å²) in [4.78, 5) is 12.1. The topological polar surface area (TPSA) is 49.3 Å². The molecule has 0 aliphatic heterocycles. The second kappa shape index (κ2) is 6.96. The van der Waals surface area contributed by atoms with Gasteiger partial charge in [0.05, 0.1) is 0 Å². The van der Waals surface area contributed by atoms with Crippen molar-refractivity contribution in [2.24, 2.45) is 0 Å². The molecule has 0 aromatic heterocycles. The third-order valence-corrected chi connectivity index (χ3v) is 2.79. The van der Waals surface area contributed by atoms with Crippen LogP contribution in [0.25, 0.3) is 0 Å². The molecule has 0 aliphatic carbocycles. The van der Waals surface area contributed by atoms with Crippen molar-refractivity contribution < 1.29 is 9.90 Å². The van der Waals surface area contributed by atoms with E-state index in [0.29, 0.717) is 5.56 Å². The summed E-state index contributed by atoms with van der Waals surface area (Å²) in [6.45, 7) is 5.99. The van der Waals surface area contributed by atoms with Crippen LogP contribution in [0.1, 0.15) is 49.5 Å². The van der Waals surface area contributed by atoms with Gasteiger partial charge >= 0.3 is 0 Å². The predicted molar refractivity (Wildman–Crippen MR) is 76.9 cm³/mol. The molecule has 1 aromatic rings. The molecule has 0 fully saturated rings. The number of aliphatic hydroxyl groups excluding tert-OH is 1. The fourth-order valence-corrected chi connectivity index (χ4v) is 1.91. The van der Waals surface area contributed by atoms with Gasteiger partial charge in [-0.05, 0) is 44.5 Å². The zero-order valence-electron chi connectivity index (χ0n) is 11.8. The highest BCUT2D eigenvalue weighted by molar-refractivity contribution is 5.94. The smallest absolute Gasteiger partial charge is 0.251 e. The second-order valence-corrected chi connectivity index (χ2v) is 5.13. The maximum absolute atomic E-state index is 12.1. The summed E-state index contributed by atoms with van der Waals surface area (Å²) in [5.74, 6) is 5.30. The highest BCUT2D eigenvalue weighted by Gasteiger charge is 2.19. The molecule has 0 saturated heterocycles. The van der Waals surface area contributed by atoms with Crippen molar-refractivity contribution in [3.63, 3.8) is 0 Å². The summed E-state index contributed by atoms with van der Waals surface area (Å²) in [7, 11) is 0. The van der Waals surface area contributed by atoms with Crippen LogP contribution in [0.15, 0.2) is 24.3 Å². The lowest BCUT2D eigenvalue weighted by Gasteiger charge is -2.25. The van der Waals surface area contributed by atoms with Crippen LogP contribution in [0.4, 0.5) is 0 Å². The lowest BCUT2D eigenvalue weighted by atomic mass is 9.98. The maximum atomic E-state index is 12.1. The molecule has 0 heterocycles. The van der Waals surface area contributed by atoms with Crippen LogP contribution in [0.3, 0.4) is 0 Å². The number of carbonyl (C=O) groups excluding carboxylic acids is 1. The van der Waals surface area contributed by atoms with Crippen LogP contribution in [-0.2, 0) is 0 Å². The minimum absolute atomic E-state index is 0.0693. The van der Waals surface area contributed by atoms with Crippen LogP contribution in [0, 0.1) is 11.8 Å². The number of rotatable bonds is 4. The fraction of sp³-hybridized carbons (Fsp3) is 0.438. The van der Waals surface area contributed by atoms with Gasteiger partial charge in [0, 0.05) is 16.7 Å². The first kappa shape index (κ1) is 15.3. The summed E-state index contributed by atoms with van der Waals surface area (Å²) in [5, 5.41) is 11.6. The van der Waals surface area contributed by atoms with Gasteiger partial charge in [-0.3, -0.25) is 4.79 Å². The van der Waals surface area contributed by atoms with E-state index >= 15 is 0 Å². The Labute approximate surface area is 115 Å². The van der Waals surface area contributed by atoms with Crippen LogP contribution in [0.5, 0.6) is 0 Å². The average molecular weight is 259 g/mol. The number of benzene rings is 1. The normalized spacial score (nSPS) is 10.5. The fourth-order valence-electron chi connectivity index (χ4n) is 1.91. The average Bonchev–Trinajstić information content (AvgIpc) is 2.36. The molecule has 1 aromatic carbocycles. The molecule has 2 N–H and O–H groups in total. The summed E-state index contributed by atoms with van der Waals surface area (Å²) in [5.41, 5.74) is 1.22.